The number of aliphatic hydroxyl groups is 2. The van der Waals surface area contributed by atoms with Gasteiger partial charge in [-0.1, -0.05) is 11.6 Å². The molecule has 6 nitrogen and oxygen atoms in total. The molecule has 3 rings (SSSR count). The third-order valence-electron chi connectivity index (χ3n) is 3.42. The monoisotopic (exact) mass is 301 g/mol. The zero-order valence-corrected chi connectivity index (χ0v) is 11.0. The summed E-state index contributed by atoms with van der Waals surface area (Å²) in [5.41, 5.74) is 7.16. The first-order valence-electron chi connectivity index (χ1n) is 6.03. The predicted octanol–water partition coefficient (Wildman–Crippen LogP) is 0.861. The molecule has 0 bridgehead atoms. The maximum Gasteiger partial charge on any atom is 0.173 e. The molecule has 4 N–H and O–H groups in total. The summed E-state index contributed by atoms with van der Waals surface area (Å²) in [5, 5.41) is 19.1. The SMILES string of the molecule is Nc1cc(Cl)cc2c1ncn2[C@H]1O[C@H](CO)[C@@H](O)[C@@H]1F. The second-order valence-electron chi connectivity index (χ2n) is 4.70. The second-order valence-corrected chi connectivity index (χ2v) is 5.13. The van der Waals surface area contributed by atoms with E-state index in [0.717, 1.165) is 0 Å². The maximum atomic E-state index is 14.1. The van der Waals surface area contributed by atoms with Gasteiger partial charge in [0.1, 0.15) is 17.7 Å². The van der Waals surface area contributed by atoms with Crippen molar-refractivity contribution < 1.29 is 19.3 Å². The van der Waals surface area contributed by atoms with Gasteiger partial charge in [-0.25, -0.2) is 9.37 Å². The number of hydrogen-bond donors (Lipinski definition) is 3. The number of ether oxygens (including phenoxy) is 1. The normalized spacial score (nSPS) is 30.2. The van der Waals surface area contributed by atoms with Gasteiger partial charge in [-0.3, -0.25) is 0 Å². The number of nitrogens with two attached hydrogens (primary N) is 1. The van der Waals surface area contributed by atoms with Crippen molar-refractivity contribution in [3.05, 3.63) is 23.5 Å². The average molecular weight is 302 g/mol. The Morgan fingerprint density at radius 2 is 2.25 bits per heavy atom. The summed E-state index contributed by atoms with van der Waals surface area (Å²) in [6.45, 7) is -0.465. The molecule has 108 valence electrons. The van der Waals surface area contributed by atoms with Crippen LogP contribution in [0.15, 0.2) is 18.5 Å². The highest BCUT2D eigenvalue weighted by atomic mass is 35.5. The molecule has 1 aromatic heterocycles. The van der Waals surface area contributed by atoms with Crippen molar-refractivity contribution in [1.29, 1.82) is 0 Å². The van der Waals surface area contributed by atoms with Gasteiger partial charge in [-0.15, -0.1) is 0 Å². The second kappa shape index (κ2) is 4.85. The largest absolute Gasteiger partial charge is 0.397 e. The Morgan fingerprint density at radius 1 is 1.50 bits per heavy atom. The zero-order chi connectivity index (χ0) is 14.4. The van der Waals surface area contributed by atoms with Crippen LogP contribution >= 0.6 is 11.6 Å². The number of nitrogens with zero attached hydrogens (tertiary/aromatic N) is 2. The lowest BCUT2D eigenvalue weighted by molar-refractivity contribution is -0.0457. The van der Waals surface area contributed by atoms with Crippen molar-refractivity contribution >= 4 is 28.3 Å². The minimum Gasteiger partial charge on any atom is -0.397 e. The van der Waals surface area contributed by atoms with Crippen LogP contribution in [0.5, 0.6) is 0 Å². The number of alkyl halides is 1. The highest BCUT2D eigenvalue weighted by molar-refractivity contribution is 6.31. The molecule has 1 aromatic carbocycles. The number of nitrogen functional groups attached to an aromatic ring is 1. The molecule has 2 aromatic rings. The van der Waals surface area contributed by atoms with Crippen molar-refractivity contribution in [3.8, 4) is 0 Å². The number of hydrogen-bond acceptors (Lipinski definition) is 5. The summed E-state index contributed by atoms with van der Waals surface area (Å²) in [4.78, 5) is 4.10. The summed E-state index contributed by atoms with van der Waals surface area (Å²) in [6.07, 6.45) is -3.74. The van der Waals surface area contributed by atoms with E-state index >= 15 is 0 Å². The fraction of sp³-hybridized carbons (Fsp3) is 0.417. The number of anilines is 1. The Bertz CT molecular complexity index is 650. The van der Waals surface area contributed by atoms with Gasteiger partial charge in [0, 0.05) is 5.02 Å². The van der Waals surface area contributed by atoms with Crippen molar-refractivity contribution in [2.45, 2.75) is 24.6 Å². The highest BCUT2D eigenvalue weighted by Gasteiger charge is 2.45. The Morgan fingerprint density at radius 3 is 2.90 bits per heavy atom. The Balaban J connectivity index is 2.07. The van der Waals surface area contributed by atoms with Gasteiger partial charge in [0.25, 0.3) is 0 Å². The van der Waals surface area contributed by atoms with Crippen LogP contribution in [0.25, 0.3) is 11.0 Å². The molecule has 1 saturated heterocycles. The third kappa shape index (κ3) is 1.94. The van der Waals surface area contributed by atoms with E-state index in [0.29, 0.717) is 21.7 Å². The average Bonchev–Trinajstić information content (AvgIpc) is 2.93. The first-order valence-corrected chi connectivity index (χ1v) is 6.40. The van der Waals surface area contributed by atoms with Crippen LogP contribution in [-0.2, 0) is 4.74 Å². The van der Waals surface area contributed by atoms with E-state index in [4.69, 9.17) is 27.2 Å². The molecule has 0 aliphatic carbocycles. The van der Waals surface area contributed by atoms with Gasteiger partial charge in [0.2, 0.25) is 0 Å². The summed E-state index contributed by atoms with van der Waals surface area (Å²) >= 11 is 5.94. The minimum absolute atomic E-state index is 0.374. The standard InChI is InChI=1S/C12H13ClFN3O3/c13-5-1-6(15)10-7(2-5)17(4-16-10)12-9(14)11(19)8(3-18)20-12/h1-2,4,8-9,11-12,18-19H,3,15H2/t8-,9+,11-,12+/m1/s1. The van der Waals surface area contributed by atoms with E-state index in [1.54, 1.807) is 12.1 Å². The molecule has 0 radical (unpaired) electrons. The number of rotatable bonds is 2. The Kier molecular flexibility index (Phi) is 3.29. The summed E-state index contributed by atoms with van der Waals surface area (Å²) < 4.78 is 20.9. The highest BCUT2D eigenvalue weighted by Crippen LogP contribution is 2.35. The smallest absolute Gasteiger partial charge is 0.173 e. The van der Waals surface area contributed by atoms with Gasteiger partial charge >= 0.3 is 0 Å². The molecular formula is C12H13ClFN3O3. The topological polar surface area (TPSA) is 93.5 Å². The van der Waals surface area contributed by atoms with Gasteiger partial charge in [0.15, 0.2) is 12.4 Å². The van der Waals surface area contributed by atoms with Gasteiger partial charge in [-0.05, 0) is 12.1 Å². The number of halogens is 2. The van der Waals surface area contributed by atoms with Crippen LogP contribution in [0.1, 0.15) is 6.23 Å². The van der Waals surface area contributed by atoms with Gasteiger partial charge < -0.3 is 25.3 Å². The van der Waals surface area contributed by atoms with Crippen LogP contribution in [0.4, 0.5) is 10.1 Å². The molecule has 0 unspecified atom stereocenters. The first kappa shape index (κ1) is 13.6. The van der Waals surface area contributed by atoms with Crippen LogP contribution in [0, 0.1) is 0 Å². The van der Waals surface area contributed by atoms with E-state index in [1.807, 2.05) is 0 Å². The number of benzene rings is 1. The van der Waals surface area contributed by atoms with Gasteiger partial charge in [0.05, 0.1) is 24.1 Å². The summed E-state index contributed by atoms with van der Waals surface area (Å²) in [5.74, 6) is 0. The number of aliphatic hydroxyl groups excluding tert-OH is 2. The number of imidazole rings is 1. The molecule has 20 heavy (non-hydrogen) atoms. The number of aromatic nitrogens is 2. The lowest BCUT2D eigenvalue weighted by Gasteiger charge is -2.15. The van der Waals surface area contributed by atoms with Crippen molar-refractivity contribution in [1.82, 2.24) is 9.55 Å². The first-order chi connectivity index (χ1) is 9.52. The van der Waals surface area contributed by atoms with Crippen molar-refractivity contribution in [2.75, 3.05) is 12.3 Å². The quantitative estimate of drug-likeness (QED) is 0.715. The molecule has 0 saturated carbocycles. The fourth-order valence-corrected chi connectivity index (χ4v) is 2.63. The van der Waals surface area contributed by atoms with Crippen LogP contribution in [-0.4, -0.2) is 44.8 Å². The zero-order valence-electron chi connectivity index (χ0n) is 10.3. The molecule has 0 spiro atoms. The lowest BCUT2D eigenvalue weighted by atomic mass is 10.1. The summed E-state index contributed by atoms with van der Waals surface area (Å²) in [7, 11) is 0. The summed E-state index contributed by atoms with van der Waals surface area (Å²) in [6, 6.07) is 3.14. The van der Waals surface area contributed by atoms with Crippen LogP contribution in [0.3, 0.4) is 0 Å². The van der Waals surface area contributed by atoms with Crippen LogP contribution < -0.4 is 5.73 Å². The molecule has 8 heteroatoms. The Labute approximate surface area is 118 Å². The molecular weight excluding hydrogens is 289 g/mol. The molecule has 0 amide bonds. The third-order valence-corrected chi connectivity index (χ3v) is 3.64. The molecule has 2 heterocycles. The fourth-order valence-electron chi connectivity index (χ4n) is 2.41. The van der Waals surface area contributed by atoms with E-state index in [2.05, 4.69) is 4.98 Å². The van der Waals surface area contributed by atoms with Crippen molar-refractivity contribution in [3.63, 3.8) is 0 Å². The van der Waals surface area contributed by atoms with E-state index < -0.39 is 31.2 Å². The van der Waals surface area contributed by atoms with E-state index in [9.17, 15) is 9.50 Å². The Hall–Kier alpha value is -1.41. The van der Waals surface area contributed by atoms with E-state index in [1.165, 1.54) is 10.9 Å². The minimum atomic E-state index is -1.68. The van der Waals surface area contributed by atoms with E-state index in [-0.39, 0.29) is 0 Å². The van der Waals surface area contributed by atoms with Crippen molar-refractivity contribution in [2.24, 2.45) is 0 Å². The van der Waals surface area contributed by atoms with Crippen LogP contribution in [0.2, 0.25) is 5.02 Å². The molecule has 1 aliphatic rings. The van der Waals surface area contributed by atoms with Gasteiger partial charge in [-0.2, -0.15) is 0 Å². The lowest BCUT2D eigenvalue weighted by Crippen LogP contribution is -2.30. The number of fused-ring (bicyclic) bond motifs is 1. The molecule has 1 fully saturated rings. The molecule has 1 aliphatic heterocycles. The predicted molar refractivity (Wildman–Crippen MR) is 71.1 cm³/mol. The maximum absolute atomic E-state index is 14.1. The molecule has 4 atom stereocenters.